The normalized spacial score (nSPS) is 18.8. The van der Waals surface area contributed by atoms with Crippen molar-refractivity contribution in [2.24, 2.45) is 0 Å². The van der Waals surface area contributed by atoms with E-state index in [2.05, 4.69) is 10.6 Å². The van der Waals surface area contributed by atoms with Crippen LogP contribution in [-0.2, 0) is 9.59 Å². The van der Waals surface area contributed by atoms with Crippen LogP contribution in [0.5, 0.6) is 0 Å². The van der Waals surface area contributed by atoms with E-state index in [1.165, 1.54) is 0 Å². The third-order valence-corrected chi connectivity index (χ3v) is 3.47. The summed E-state index contributed by atoms with van der Waals surface area (Å²) in [7, 11) is 1.87. The van der Waals surface area contributed by atoms with Gasteiger partial charge in [-0.1, -0.05) is 30.3 Å². The molecule has 108 valence electrons. The lowest BCUT2D eigenvalue weighted by atomic mass is 10.0. The molecule has 1 aliphatic heterocycles. The predicted molar refractivity (Wildman–Crippen MR) is 77.1 cm³/mol. The Kier molecular flexibility index (Phi) is 5.12. The Morgan fingerprint density at radius 2 is 2.15 bits per heavy atom. The van der Waals surface area contributed by atoms with Gasteiger partial charge in [-0.2, -0.15) is 0 Å². The summed E-state index contributed by atoms with van der Waals surface area (Å²) in [6.45, 7) is 1.91. The number of hydrogen-bond donors (Lipinski definition) is 2. The van der Waals surface area contributed by atoms with Crippen LogP contribution >= 0.6 is 0 Å². The van der Waals surface area contributed by atoms with E-state index in [9.17, 15) is 9.59 Å². The second-order valence-electron chi connectivity index (χ2n) is 4.90. The summed E-state index contributed by atoms with van der Waals surface area (Å²) in [5, 5.41) is 5.87. The van der Waals surface area contributed by atoms with Crippen LogP contribution in [0.2, 0.25) is 0 Å². The van der Waals surface area contributed by atoms with Gasteiger partial charge in [0, 0.05) is 19.5 Å². The van der Waals surface area contributed by atoms with Gasteiger partial charge in [0.05, 0.1) is 0 Å². The molecule has 1 aromatic carbocycles. The maximum Gasteiger partial charge on any atom is 0.247 e. The SMILES string of the molecule is CNCCCC(=O)N1CCNC(=O)C1c1ccccc1. The molecule has 5 nitrogen and oxygen atoms in total. The predicted octanol–water partition coefficient (Wildman–Crippen LogP) is 0.686. The van der Waals surface area contributed by atoms with E-state index < -0.39 is 6.04 Å². The monoisotopic (exact) mass is 275 g/mol. The largest absolute Gasteiger partial charge is 0.352 e. The van der Waals surface area contributed by atoms with Gasteiger partial charge in [0.15, 0.2) is 0 Å². The summed E-state index contributed by atoms with van der Waals surface area (Å²) in [4.78, 5) is 26.1. The number of carbonyl (C=O) groups is 2. The van der Waals surface area contributed by atoms with Gasteiger partial charge in [-0.3, -0.25) is 9.59 Å². The van der Waals surface area contributed by atoms with Gasteiger partial charge in [0.1, 0.15) is 6.04 Å². The molecular formula is C15H21N3O2. The molecule has 2 amide bonds. The topological polar surface area (TPSA) is 61.4 Å². The average Bonchev–Trinajstić information content (AvgIpc) is 2.48. The zero-order chi connectivity index (χ0) is 14.4. The summed E-state index contributed by atoms with van der Waals surface area (Å²) in [6, 6.07) is 8.98. The van der Waals surface area contributed by atoms with E-state index in [1.807, 2.05) is 37.4 Å². The van der Waals surface area contributed by atoms with Gasteiger partial charge in [-0.25, -0.2) is 0 Å². The molecule has 1 aliphatic rings. The van der Waals surface area contributed by atoms with Gasteiger partial charge in [-0.05, 0) is 25.6 Å². The zero-order valence-electron chi connectivity index (χ0n) is 11.8. The standard InChI is InChI=1S/C15H21N3O2/c1-16-9-5-8-13(19)18-11-10-17-15(20)14(18)12-6-3-2-4-7-12/h2-4,6-7,14,16H,5,8-11H2,1H3,(H,17,20). The van der Waals surface area contributed by atoms with Crippen LogP contribution in [0.1, 0.15) is 24.4 Å². The summed E-state index contributed by atoms with van der Waals surface area (Å²) in [6.07, 6.45) is 1.26. The van der Waals surface area contributed by atoms with Crippen molar-refractivity contribution < 1.29 is 9.59 Å². The molecule has 1 saturated heterocycles. The molecule has 2 rings (SSSR count). The van der Waals surface area contributed by atoms with Crippen LogP contribution < -0.4 is 10.6 Å². The minimum absolute atomic E-state index is 0.0453. The third-order valence-electron chi connectivity index (χ3n) is 3.47. The molecule has 0 spiro atoms. The van der Waals surface area contributed by atoms with E-state index in [-0.39, 0.29) is 11.8 Å². The third kappa shape index (κ3) is 3.36. The van der Waals surface area contributed by atoms with Crippen molar-refractivity contribution in [2.75, 3.05) is 26.7 Å². The van der Waals surface area contributed by atoms with Crippen molar-refractivity contribution in [1.29, 1.82) is 0 Å². The second-order valence-corrected chi connectivity index (χ2v) is 4.90. The zero-order valence-corrected chi connectivity index (χ0v) is 11.8. The fraction of sp³-hybridized carbons (Fsp3) is 0.467. The number of amides is 2. The van der Waals surface area contributed by atoms with Crippen molar-refractivity contribution in [3.05, 3.63) is 35.9 Å². The number of hydrogen-bond acceptors (Lipinski definition) is 3. The fourth-order valence-electron chi connectivity index (χ4n) is 2.46. The molecule has 0 aliphatic carbocycles. The Balaban J connectivity index is 2.12. The van der Waals surface area contributed by atoms with Crippen LogP contribution in [0.3, 0.4) is 0 Å². The summed E-state index contributed by atoms with van der Waals surface area (Å²) < 4.78 is 0. The number of nitrogens with zero attached hydrogens (tertiary/aromatic N) is 1. The molecule has 1 aromatic rings. The lowest BCUT2D eigenvalue weighted by molar-refractivity contribution is -0.143. The van der Waals surface area contributed by atoms with Gasteiger partial charge in [-0.15, -0.1) is 0 Å². The summed E-state index contributed by atoms with van der Waals surface area (Å²) in [5.74, 6) is -0.0478. The molecule has 0 saturated carbocycles. The van der Waals surface area contributed by atoms with E-state index in [0.717, 1.165) is 18.5 Å². The highest BCUT2D eigenvalue weighted by Gasteiger charge is 2.33. The molecule has 0 radical (unpaired) electrons. The van der Waals surface area contributed by atoms with E-state index in [4.69, 9.17) is 0 Å². The molecule has 0 aromatic heterocycles. The van der Waals surface area contributed by atoms with Crippen LogP contribution in [0.4, 0.5) is 0 Å². The minimum Gasteiger partial charge on any atom is -0.352 e. The molecule has 1 unspecified atom stereocenters. The summed E-state index contributed by atoms with van der Waals surface area (Å²) >= 11 is 0. The van der Waals surface area contributed by atoms with Gasteiger partial charge >= 0.3 is 0 Å². The summed E-state index contributed by atoms with van der Waals surface area (Å²) in [5.41, 5.74) is 0.867. The molecule has 20 heavy (non-hydrogen) atoms. The van der Waals surface area contributed by atoms with Crippen molar-refractivity contribution in [2.45, 2.75) is 18.9 Å². The maximum atomic E-state index is 12.3. The highest BCUT2D eigenvalue weighted by atomic mass is 16.2. The minimum atomic E-state index is -0.493. The molecule has 1 heterocycles. The first-order valence-electron chi connectivity index (χ1n) is 7.00. The van der Waals surface area contributed by atoms with Gasteiger partial charge in [0.2, 0.25) is 11.8 Å². The quantitative estimate of drug-likeness (QED) is 0.777. The van der Waals surface area contributed by atoms with Crippen molar-refractivity contribution in [3.63, 3.8) is 0 Å². The Morgan fingerprint density at radius 1 is 1.40 bits per heavy atom. The highest BCUT2D eigenvalue weighted by Crippen LogP contribution is 2.23. The first-order chi connectivity index (χ1) is 9.74. The molecule has 2 N–H and O–H groups in total. The van der Waals surface area contributed by atoms with Crippen molar-refractivity contribution in [3.8, 4) is 0 Å². The Morgan fingerprint density at radius 3 is 2.85 bits per heavy atom. The number of rotatable bonds is 5. The van der Waals surface area contributed by atoms with Crippen LogP contribution in [0.15, 0.2) is 30.3 Å². The van der Waals surface area contributed by atoms with Crippen LogP contribution in [-0.4, -0.2) is 43.4 Å². The highest BCUT2D eigenvalue weighted by molar-refractivity contribution is 5.89. The Hall–Kier alpha value is -1.88. The average molecular weight is 275 g/mol. The first-order valence-corrected chi connectivity index (χ1v) is 7.00. The lowest BCUT2D eigenvalue weighted by Crippen LogP contribution is -2.52. The molecular weight excluding hydrogens is 254 g/mol. The Labute approximate surface area is 119 Å². The first kappa shape index (κ1) is 14.5. The Bertz CT molecular complexity index is 461. The smallest absolute Gasteiger partial charge is 0.247 e. The van der Waals surface area contributed by atoms with Crippen molar-refractivity contribution >= 4 is 11.8 Å². The van der Waals surface area contributed by atoms with Crippen LogP contribution in [0, 0.1) is 0 Å². The molecule has 1 fully saturated rings. The lowest BCUT2D eigenvalue weighted by Gasteiger charge is -2.35. The number of benzene rings is 1. The molecule has 0 bridgehead atoms. The van der Waals surface area contributed by atoms with E-state index in [1.54, 1.807) is 4.90 Å². The van der Waals surface area contributed by atoms with Gasteiger partial charge in [0.25, 0.3) is 0 Å². The number of piperazine rings is 1. The molecule has 1 atom stereocenters. The van der Waals surface area contributed by atoms with Crippen LogP contribution in [0.25, 0.3) is 0 Å². The number of carbonyl (C=O) groups excluding carboxylic acids is 2. The number of nitrogens with one attached hydrogen (secondary N) is 2. The second kappa shape index (κ2) is 7.05. The fourth-order valence-corrected chi connectivity index (χ4v) is 2.46. The molecule has 5 heteroatoms. The van der Waals surface area contributed by atoms with Gasteiger partial charge < -0.3 is 15.5 Å². The van der Waals surface area contributed by atoms with Crippen molar-refractivity contribution in [1.82, 2.24) is 15.5 Å². The maximum absolute atomic E-state index is 12.3. The van der Waals surface area contributed by atoms with E-state index >= 15 is 0 Å². The van der Waals surface area contributed by atoms with E-state index in [0.29, 0.717) is 19.5 Å².